The summed E-state index contributed by atoms with van der Waals surface area (Å²) in [5.41, 5.74) is 3.95. The van der Waals surface area contributed by atoms with Crippen LogP contribution in [-0.4, -0.2) is 15.8 Å². The summed E-state index contributed by atoms with van der Waals surface area (Å²) in [6.07, 6.45) is 0.277. The van der Waals surface area contributed by atoms with Gasteiger partial charge in [-0.1, -0.05) is 70.5 Å². The van der Waals surface area contributed by atoms with Crippen molar-refractivity contribution in [2.75, 3.05) is 0 Å². The first-order valence-corrected chi connectivity index (χ1v) is 11.1. The number of hydrogen-bond acceptors (Lipinski definition) is 4. The molecule has 2 aliphatic heterocycles. The monoisotopic (exact) mass is 470 g/mol. The predicted octanol–water partition coefficient (Wildman–Crippen LogP) is 6.55. The summed E-state index contributed by atoms with van der Waals surface area (Å²) in [4.78, 5) is 0. The number of benzene rings is 4. The maximum atomic E-state index is 10.6. The Labute approximate surface area is 188 Å². The van der Waals surface area contributed by atoms with Crippen LogP contribution in [-0.2, 0) is 0 Å². The molecule has 0 saturated carbocycles. The molecule has 0 aromatic heterocycles. The second kappa shape index (κ2) is 7.13. The molecule has 4 aromatic carbocycles. The third kappa shape index (κ3) is 3.08. The van der Waals surface area contributed by atoms with Gasteiger partial charge < -0.3 is 9.84 Å². The lowest BCUT2D eigenvalue weighted by atomic mass is 9.95. The molecule has 2 atom stereocenters. The maximum Gasteiger partial charge on any atom is 0.217 e. The Hall–Kier alpha value is -3.31. The van der Waals surface area contributed by atoms with Gasteiger partial charge in [-0.05, 0) is 46.7 Å². The quantitative estimate of drug-likeness (QED) is 0.361. The molecule has 4 nitrogen and oxygen atoms in total. The Kier molecular flexibility index (Phi) is 4.25. The Balaban J connectivity index is 1.47. The van der Waals surface area contributed by atoms with Crippen LogP contribution in [0, 0.1) is 0 Å². The number of hydrogen-bond donors (Lipinski definition) is 1. The van der Waals surface area contributed by atoms with E-state index in [-0.39, 0.29) is 11.8 Å². The van der Waals surface area contributed by atoms with E-state index in [2.05, 4.69) is 64.5 Å². The average Bonchev–Trinajstić information content (AvgIpc) is 3.26. The van der Waals surface area contributed by atoms with E-state index >= 15 is 0 Å². The fourth-order valence-corrected chi connectivity index (χ4v) is 4.88. The summed E-state index contributed by atoms with van der Waals surface area (Å²) in [5.74, 6) is 1.03. The van der Waals surface area contributed by atoms with Crippen LogP contribution in [0.5, 0.6) is 11.5 Å². The van der Waals surface area contributed by atoms with Crippen molar-refractivity contribution in [2.45, 2.75) is 18.7 Å². The standard InChI is InChI=1S/C26H19BrN2O2/c27-19-11-12-24(30)21(14-19)26-29-23(20-7-3-4-8-25(20)31-26)15-22(28-29)18-10-9-16-5-1-2-6-17(16)13-18/h1-14,23,26,30H,15H2/t23-,26+/m1/s1. The SMILES string of the molecule is Oc1ccc(Br)cc1[C@@H]1Oc2ccccc2[C@H]2CC(c3ccc4ccccc4c3)=NN21. The minimum Gasteiger partial charge on any atom is -0.507 e. The lowest BCUT2D eigenvalue weighted by Crippen LogP contribution is -2.33. The van der Waals surface area contributed by atoms with Crippen molar-refractivity contribution in [1.82, 2.24) is 5.01 Å². The number of aromatic hydroxyl groups is 1. The van der Waals surface area contributed by atoms with Crippen LogP contribution in [0.3, 0.4) is 0 Å². The van der Waals surface area contributed by atoms with E-state index in [4.69, 9.17) is 9.84 Å². The Morgan fingerprint density at radius 2 is 1.68 bits per heavy atom. The molecule has 0 saturated heterocycles. The van der Waals surface area contributed by atoms with E-state index in [1.165, 1.54) is 10.8 Å². The lowest BCUT2D eigenvalue weighted by Gasteiger charge is -2.38. The van der Waals surface area contributed by atoms with Gasteiger partial charge in [0.1, 0.15) is 11.5 Å². The number of nitrogens with zero attached hydrogens (tertiary/aromatic N) is 2. The van der Waals surface area contributed by atoms with Gasteiger partial charge in [-0.25, -0.2) is 5.01 Å². The van der Waals surface area contributed by atoms with Crippen molar-refractivity contribution >= 4 is 32.4 Å². The van der Waals surface area contributed by atoms with Crippen molar-refractivity contribution in [3.63, 3.8) is 0 Å². The topological polar surface area (TPSA) is 45.1 Å². The van der Waals surface area contributed by atoms with Gasteiger partial charge in [0.15, 0.2) is 0 Å². The fraction of sp³-hybridized carbons (Fsp3) is 0.115. The summed E-state index contributed by atoms with van der Waals surface area (Å²) >= 11 is 3.52. The molecule has 0 fully saturated rings. The number of hydrazone groups is 1. The average molecular weight is 471 g/mol. The molecule has 2 heterocycles. The maximum absolute atomic E-state index is 10.6. The van der Waals surface area contributed by atoms with E-state index in [0.29, 0.717) is 5.56 Å². The van der Waals surface area contributed by atoms with Gasteiger partial charge in [0.05, 0.1) is 17.3 Å². The van der Waals surface area contributed by atoms with Crippen molar-refractivity contribution in [2.24, 2.45) is 5.10 Å². The molecule has 1 N–H and O–H groups in total. The van der Waals surface area contributed by atoms with Crippen LogP contribution < -0.4 is 4.74 Å². The first-order chi connectivity index (χ1) is 15.2. The van der Waals surface area contributed by atoms with Crippen molar-refractivity contribution in [3.05, 3.63) is 106 Å². The van der Waals surface area contributed by atoms with Gasteiger partial charge in [-0.15, -0.1) is 0 Å². The zero-order valence-corrected chi connectivity index (χ0v) is 18.2. The van der Waals surface area contributed by atoms with Crippen LogP contribution >= 0.6 is 15.9 Å². The van der Waals surface area contributed by atoms with Crippen molar-refractivity contribution in [1.29, 1.82) is 0 Å². The molecule has 0 bridgehead atoms. The first kappa shape index (κ1) is 18.5. The van der Waals surface area contributed by atoms with Gasteiger partial charge in [0.2, 0.25) is 6.23 Å². The third-order valence-electron chi connectivity index (χ3n) is 6.04. The highest BCUT2D eigenvalue weighted by Crippen LogP contribution is 2.49. The molecule has 4 aromatic rings. The predicted molar refractivity (Wildman–Crippen MR) is 125 cm³/mol. The van der Waals surface area contributed by atoms with Gasteiger partial charge in [-0.3, -0.25) is 0 Å². The highest BCUT2D eigenvalue weighted by Gasteiger charge is 2.41. The minimum atomic E-state index is -0.504. The van der Waals surface area contributed by atoms with Crippen LogP contribution in [0.2, 0.25) is 0 Å². The van der Waals surface area contributed by atoms with Gasteiger partial charge in [0, 0.05) is 16.5 Å². The minimum absolute atomic E-state index is 0.0507. The second-order valence-corrected chi connectivity index (χ2v) is 8.84. The molecule has 0 spiro atoms. The summed E-state index contributed by atoms with van der Waals surface area (Å²) in [7, 11) is 0. The highest BCUT2D eigenvalue weighted by atomic mass is 79.9. The number of ether oxygens (including phenoxy) is 1. The molecule has 2 aliphatic rings. The van der Waals surface area contributed by atoms with Crippen LogP contribution in [0.25, 0.3) is 10.8 Å². The fourth-order valence-electron chi connectivity index (χ4n) is 4.51. The third-order valence-corrected chi connectivity index (χ3v) is 6.53. The first-order valence-electron chi connectivity index (χ1n) is 10.3. The number of rotatable bonds is 2. The number of para-hydroxylation sites is 1. The Morgan fingerprint density at radius 1 is 0.871 bits per heavy atom. The van der Waals surface area contributed by atoms with Gasteiger partial charge in [-0.2, -0.15) is 5.10 Å². The van der Waals surface area contributed by atoms with Crippen molar-refractivity contribution < 1.29 is 9.84 Å². The van der Waals surface area contributed by atoms with E-state index in [1.807, 2.05) is 35.3 Å². The van der Waals surface area contributed by atoms with E-state index in [9.17, 15) is 5.11 Å². The van der Waals surface area contributed by atoms with Gasteiger partial charge >= 0.3 is 0 Å². The van der Waals surface area contributed by atoms with E-state index < -0.39 is 6.23 Å². The molecule has 0 unspecified atom stereocenters. The molecular formula is C26H19BrN2O2. The van der Waals surface area contributed by atoms with E-state index in [0.717, 1.165) is 33.5 Å². The molecule has 5 heteroatoms. The molecule has 0 amide bonds. The van der Waals surface area contributed by atoms with Crippen molar-refractivity contribution in [3.8, 4) is 11.5 Å². The summed E-state index contributed by atoms with van der Waals surface area (Å²) in [6, 6.07) is 28.4. The van der Waals surface area contributed by atoms with Crippen LogP contribution in [0.1, 0.15) is 35.4 Å². The number of halogens is 1. The second-order valence-electron chi connectivity index (χ2n) is 7.92. The van der Waals surface area contributed by atoms with Gasteiger partial charge in [0.25, 0.3) is 0 Å². The molecule has 31 heavy (non-hydrogen) atoms. The largest absolute Gasteiger partial charge is 0.507 e. The zero-order chi connectivity index (χ0) is 20.9. The highest BCUT2D eigenvalue weighted by molar-refractivity contribution is 9.10. The smallest absolute Gasteiger partial charge is 0.217 e. The Morgan fingerprint density at radius 3 is 2.58 bits per heavy atom. The van der Waals surface area contributed by atoms with E-state index in [1.54, 1.807) is 6.07 Å². The number of phenolic OH excluding ortho intramolecular Hbond substituents is 1. The molecule has 0 aliphatic carbocycles. The zero-order valence-electron chi connectivity index (χ0n) is 16.6. The lowest BCUT2D eigenvalue weighted by molar-refractivity contribution is -0.0203. The number of phenols is 1. The normalized spacial score (nSPS) is 19.5. The summed E-state index contributed by atoms with van der Waals surface area (Å²) < 4.78 is 7.25. The molecule has 6 rings (SSSR count). The van der Waals surface area contributed by atoms with Crippen LogP contribution in [0.4, 0.5) is 0 Å². The molecule has 0 radical (unpaired) electrons. The molecular weight excluding hydrogens is 452 g/mol. The Bertz CT molecular complexity index is 1350. The summed E-state index contributed by atoms with van der Waals surface area (Å²) in [6.45, 7) is 0. The summed E-state index contributed by atoms with van der Waals surface area (Å²) in [5, 5.41) is 20.0. The number of fused-ring (bicyclic) bond motifs is 4. The van der Waals surface area contributed by atoms with Crippen LogP contribution in [0.15, 0.2) is 94.5 Å². The molecule has 152 valence electrons.